The van der Waals surface area contributed by atoms with Gasteiger partial charge in [0.1, 0.15) is 5.03 Å². The summed E-state index contributed by atoms with van der Waals surface area (Å²) >= 11 is 6.04. The van der Waals surface area contributed by atoms with Crippen LogP contribution in [0.3, 0.4) is 0 Å². The number of hydrogen-bond acceptors (Lipinski definition) is 5. The molecule has 24 heavy (non-hydrogen) atoms. The van der Waals surface area contributed by atoms with Crippen molar-refractivity contribution in [2.24, 2.45) is 0 Å². The molecule has 2 amide bonds. The molecule has 120 valence electrons. The molecular weight excluding hydrogens is 334 g/mol. The summed E-state index contributed by atoms with van der Waals surface area (Å²) in [4.78, 5) is 39.9. The normalized spacial score (nSPS) is 14.5. The van der Waals surface area contributed by atoms with Crippen LogP contribution in [-0.2, 0) is 16.1 Å². The summed E-state index contributed by atoms with van der Waals surface area (Å²) in [6, 6.07) is 8.75. The zero-order chi connectivity index (χ0) is 17.3. The van der Waals surface area contributed by atoms with Gasteiger partial charge in [-0.3, -0.25) is 29.6 Å². The number of nitro benzene ring substituents is 1. The van der Waals surface area contributed by atoms with Gasteiger partial charge in [0, 0.05) is 24.5 Å². The third kappa shape index (κ3) is 2.77. The summed E-state index contributed by atoms with van der Waals surface area (Å²) in [6.07, 6.45) is 3.14. The number of carbonyl (C=O) groups excluding carboxylic acids is 2. The van der Waals surface area contributed by atoms with Crippen LogP contribution in [-0.4, -0.2) is 26.6 Å². The molecule has 7 nitrogen and oxygen atoms in total. The number of amides is 2. The minimum atomic E-state index is -0.598. The SMILES string of the molecule is O=C1C(Cl)=C(c2ccc([N+](=O)[O-])cc2)C(=O)N1Cc1cccnc1. The van der Waals surface area contributed by atoms with Gasteiger partial charge in [0.15, 0.2) is 0 Å². The number of non-ortho nitro benzene ring substituents is 1. The van der Waals surface area contributed by atoms with E-state index in [2.05, 4.69) is 4.98 Å². The van der Waals surface area contributed by atoms with Crippen molar-refractivity contribution < 1.29 is 14.5 Å². The molecule has 1 aliphatic heterocycles. The molecule has 1 aliphatic rings. The van der Waals surface area contributed by atoms with Gasteiger partial charge in [-0.1, -0.05) is 17.7 Å². The summed E-state index contributed by atoms with van der Waals surface area (Å²) < 4.78 is 0. The molecular formula is C16H10ClN3O4. The molecule has 2 aromatic rings. The van der Waals surface area contributed by atoms with Crippen LogP contribution in [0.4, 0.5) is 5.69 Å². The molecule has 0 N–H and O–H groups in total. The van der Waals surface area contributed by atoms with E-state index in [-0.39, 0.29) is 22.8 Å². The molecule has 8 heteroatoms. The van der Waals surface area contributed by atoms with Gasteiger partial charge in [0.05, 0.1) is 17.0 Å². The monoisotopic (exact) mass is 343 g/mol. The van der Waals surface area contributed by atoms with Crippen molar-refractivity contribution in [2.75, 3.05) is 0 Å². The Hall–Kier alpha value is -3.06. The maximum atomic E-state index is 12.6. The number of nitro groups is 1. The standard InChI is InChI=1S/C16H10ClN3O4/c17-14-13(11-3-5-12(6-4-11)20(23)24)15(21)19(16(14)22)9-10-2-1-7-18-8-10/h1-8H,9H2. The Morgan fingerprint density at radius 2 is 1.83 bits per heavy atom. The molecule has 0 bridgehead atoms. The Morgan fingerprint density at radius 1 is 1.12 bits per heavy atom. The fourth-order valence-corrected chi connectivity index (χ4v) is 2.66. The van der Waals surface area contributed by atoms with Gasteiger partial charge in [0.2, 0.25) is 0 Å². The lowest BCUT2D eigenvalue weighted by atomic mass is 10.1. The minimum Gasteiger partial charge on any atom is -0.269 e. The Morgan fingerprint density at radius 3 is 2.42 bits per heavy atom. The molecule has 3 rings (SSSR count). The van der Waals surface area contributed by atoms with Gasteiger partial charge >= 0.3 is 0 Å². The molecule has 0 saturated heterocycles. The lowest BCUT2D eigenvalue weighted by Gasteiger charge is -2.14. The summed E-state index contributed by atoms with van der Waals surface area (Å²) in [5.74, 6) is -1.14. The maximum Gasteiger partial charge on any atom is 0.273 e. The summed E-state index contributed by atoms with van der Waals surface area (Å²) in [6.45, 7) is 0.0538. The van der Waals surface area contributed by atoms with E-state index in [1.54, 1.807) is 24.5 Å². The number of benzene rings is 1. The van der Waals surface area contributed by atoms with Gasteiger partial charge in [-0.2, -0.15) is 0 Å². The number of carbonyl (C=O) groups is 2. The van der Waals surface area contributed by atoms with E-state index >= 15 is 0 Å². The minimum absolute atomic E-state index is 0.0421. The number of aromatic nitrogens is 1. The maximum absolute atomic E-state index is 12.6. The van der Waals surface area contributed by atoms with Crippen LogP contribution in [0.1, 0.15) is 11.1 Å². The van der Waals surface area contributed by atoms with Crippen molar-refractivity contribution in [3.63, 3.8) is 0 Å². The number of hydrogen-bond donors (Lipinski definition) is 0. The first kappa shape index (κ1) is 15.8. The number of rotatable bonds is 4. The van der Waals surface area contributed by atoms with Gasteiger partial charge in [-0.05, 0) is 29.3 Å². The lowest BCUT2D eigenvalue weighted by molar-refractivity contribution is -0.384. The molecule has 1 aromatic carbocycles. The Labute approximate surface area is 141 Å². The van der Waals surface area contributed by atoms with E-state index in [9.17, 15) is 19.7 Å². The summed E-state index contributed by atoms with van der Waals surface area (Å²) in [7, 11) is 0. The fraction of sp³-hybridized carbons (Fsp3) is 0.0625. The quantitative estimate of drug-likeness (QED) is 0.483. The van der Waals surface area contributed by atoms with Crippen molar-refractivity contribution in [3.05, 3.63) is 75.1 Å². The third-order valence-electron chi connectivity index (χ3n) is 3.54. The highest BCUT2D eigenvalue weighted by molar-refractivity contribution is 6.55. The van der Waals surface area contributed by atoms with E-state index in [1.165, 1.54) is 24.3 Å². The van der Waals surface area contributed by atoms with Gasteiger partial charge in [0.25, 0.3) is 17.5 Å². The Kier molecular flexibility index (Phi) is 4.09. The van der Waals surface area contributed by atoms with Crippen LogP contribution >= 0.6 is 11.6 Å². The zero-order valence-electron chi connectivity index (χ0n) is 12.2. The molecule has 0 aliphatic carbocycles. The highest BCUT2D eigenvalue weighted by Crippen LogP contribution is 2.33. The second-order valence-corrected chi connectivity index (χ2v) is 5.43. The second kappa shape index (κ2) is 6.21. The van der Waals surface area contributed by atoms with E-state index in [0.29, 0.717) is 11.1 Å². The van der Waals surface area contributed by atoms with E-state index in [4.69, 9.17) is 11.6 Å². The van der Waals surface area contributed by atoms with Crippen molar-refractivity contribution in [1.29, 1.82) is 0 Å². The van der Waals surface area contributed by atoms with Crippen molar-refractivity contribution in [2.45, 2.75) is 6.54 Å². The van der Waals surface area contributed by atoms with E-state index < -0.39 is 16.7 Å². The zero-order valence-corrected chi connectivity index (χ0v) is 12.9. The van der Waals surface area contributed by atoms with Crippen LogP contribution < -0.4 is 0 Å². The number of halogens is 1. The van der Waals surface area contributed by atoms with Crippen LogP contribution in [0.5, 0.6) is 0 Å². The summed E-state index contributed by atoms with van der Waals surface area (Å²) in [5, 5.41) is 10.5. The third-order valence-corrected chi connectivity index (χ3v) is 3.89. The Bertz CT molecular complexity index is 863. The lowest BCUT2D eigenvalue weighted by Crippen LogP contribution is -2.30. The van der Waals surface area contributed by atoms with E-state index in [1.807, 2.05) is 0 Å². The van der Waals surface area contributed by atoms with Crippen LogP contribution in [0.25, 0.3) is 5.57 Å². The van der Waals surface area contributed by atoms with Crippen molar-refractivity contribution >= 4 is 34.7 Å². The second-order valence-electron chi connectivity index (χ2n) is 5.05. The molecule has 1 aromatic heterocycles. The average molecular weight is 344 g/mol. The van der Waals surface area contributed by atoms with Crippen LogP contribution in [0.15, 0.2) is 53.8 Å². The number of nitrogens with zero attached hydrogens (tertiary/aromatic N) is 3. The fourth-order valence-electron chi connectivity index (χ4n) is 2.36. The summed E-state index contributed by atoms with van der Waals surface area (Å²) in [5.41, 5.74) is 0.978. The predicted octanol–water partition coefficient (Wildman–Crippen LogP) is 2.51. The molecule has 0 spiro atoms. The highest BCUT2D eigenvalue weighted by Gasteiger charge is 2.38. The van der Waals surface area contributed by atoms with Gasteiger partial charge < -0.3 is 0 Å². The number of imide groups is 1. The highest BCUT2D eigenvalue weighted by atomic mass is 35.5. The first-order valence-electron chi connectivity index (χ1n) is 6.88. The first-order chi connectivity index (χ1) is 11.5. The average Bonchev–Trinajstić information content (AvgIpc) is 2.79. The topological polar surface area (TPSA) is 93.4 Å². The molecule has 0 radical (unpaired) electrons. The van der Waals surface area contributed by atoms with Gasteiger partial charge in [-0.25, -0.2) is 0 Å². The van der Waals surface area contributed by atoms with Crippen molar-refractivity contribution in [1.82, 2.24) is 9.88 Å². The molecule has 0 fully saturated rings. The van der Waals surface area contributed by atoms with Crippen molar-refractivity contribution in [3.8, 4) is 0 Å². The largest absolute Gasteiger partial charge is 0.273 e. The van der Waals surface area contributed by atoms with Crippen LogP contribution in [0, 0.1) is 10.1 Å². The molecule has 2 heterocycles. The number of pyridine rings is 1. The van der Waals surface area contributed by atoms with Crippen LogP contribution in [0.2, 0.25) is 0 Å². The molecule has 0 atom stereocenters. The Balaban J connectivity index is 1.90. The van der Waals surface area contributed by atoms with E-state index in [0.717, 1.165) is 4.90 Å². The predicted molar refractivity (Wildman–Crippen MR) is 85.7 cm³/mol. The molecule has 0 saturated carbocycles. The smallest absolute Gasteiger partial charge is 0.269 e. The first-order valence-corrected chi connectivity index (χ1v) is 7.26. The molecule has 0 unspecified atom stereocenters. The van der Waals surface area contributed by atoms with Gasteiger partial charge in [-0.15, -0.1) is 0 Å².